The van der Waals surface area contributed by atoms with Crippen LogP contribution in [0.4, 0.5) is 5.69 Å². The van der Waals surface area contributed by atoms with E-state index in [0.717, 1.165) is 43.4 Å². The molecule has 6 nitrogen and oxygen atoms in total. The van der Waals surface area contributed by atoms with Gasteiger partial charge in [-0.3, -0.25) is 9.69 Å². The first-order chi connectivity index (χ1) is 11.8. The summed E-state index contributed by atoms with van der Waals surface area (Å²) in [5, 5.41) is 11.3. The molecule has 24 heavy (non-hydrogen) atoms. The lowest BCUT2D eigenvalue weighted by molar-refractivity contribution is -0.117. The third-order valence-electron chi connectivity index (χ3n) is 4.74. The predicted octanol–water partition coefficient (Wildman–Crippen LogP) is 2.77. The molecule has 2 fully saturated rings. The molecule has 1 N–H and O–H groups in total. The Bertz CT molecular complexity index is 688. The molecule has 0 unspecified atom stereocenters. The number of hydrogen-bond donors (Lipinski definition) is 1. The molecule has 2 heterocycles. The number of rotatable bonds is 5. The summed E-state index contributed by atoms with van der Waals surface area (Å²) in [5.74, 6) is 2.47. The molecule has 1 aromatic heterocycles. The summed E-state index contributed by atoms with van der Waals surface area (Å²) >= 11 is 0. The van der Waals surface area contributed by atoms with E-state index in [2.05, 4.69) is 20.4 Å². The molecule has 0 atom stereocenters. The van der Waals surface area contributed by atoms with Gasteiger partial charge < -0.3 is 9.73 Å². The van der Waals surface area contributed by atoms with E-state index < -0.39 is 0 Å². The molecule has 1 aliphatic heterocycles. The van der Waals surface area contributed by atoms with Crippen molar-refractivity contribution in [1.82, 2.24) is 15.1 Å². The van der Waals surface area contributed by atoms with Gasteiger partial charge in [0.25, 0.3) is 0 Å². The van der Waals surface area contributed by atoms with Crippen LogP contribution in [0.2, 0.25) is 0 Å². The van der Waals surface area contributed by atoms with Crippen molar-refractivity contribution < 1.29 is 9.21 Å². The highest BCUT2D eigenvalue weighted by Crippen LogP contribution is 2.40. The van der Waals surface area contributed by atoms with Gasteiger partial charge >= 0.3 is 0 Å². The molecule has 2 aromatic rings. The Morgan fingerprint density at radius 1 is 1.04 bits per heavy atom. The van der Waals surface area contributed by atoms with E-state index in [1.54, 1.807) is 0 Å². The Balaban J connectivity index is 1.25. The minimum absolute atomic E-state index is 0.0356. The van der Waals surface area contributed by atoms with Gasteiger partial charge in [-0.2, -0.15) is 0 Å². The first-order valence-electron chi connectivity index (χ1n) is 8.68. The van der Waals surface area contributed by atoms with Gasteiger partial charge in [0, 0.05) is 17.5 Å². The van der Waals surface area contributed by atoms with Gasteiger partial charge in [-0.05, 0) is 50.9 Å². The normalized spacial score (nSPS) is 19.3. The van der Waals surface area contributed by atoms with Crippen LogP contribution in [0.25, 0.3) is 0 Å². The summed E-state index contributed by atoms with van der Waals surface area (Å²) in [6.45, 7) is 2.20. The third kappa shape index (κ3) is 3.64. The van der Waals surface area contributed by atoms with E-state index >= 15 is 0 Å². The molecule has 1 amide bonds. The molecule has 4 rings (SSSR count). The minimum atomic E-state index is 0.0356. The molecule has 1 saturated carbocycles. The number of carbonyl (C=O) groups is 1. The zero-order valence-electron chi connectivity index (χ0n) is 13.6. The first-order valence-corrected chi connectivity index (χ1v) is 8.68. The lowest BCUT2D eigenvalue weighted by atomic mass is 9.97. The Kier molecular flexibility index (Phi) is 4.30. The third-order valence-corrected chi connectivity index (χ3v) is 4.74. The number of aromatic nitrogens is 2. The van der Waals surface area contributed by atoms with E-state index in [0.29, 0.717) is 18.4 Å². The van der Waals surface area contributed by atoms with Crippen LogP contribution >= 0.6 is 0 Å². The summed E-state index contributed by atoms with van der Waals surface area (Å²) in [7, 11) is 0. The van der Waals surface area contributed by atoms with E-state index in [1.165, 1.54) is 12.8 Å². The van der Waals surface area contributed by atoms with Crippen molar-refractivity contribution in [1.29, 1.82) is 0 Å². The maximum atomic E-state index is 12.1. The van der Waals surface area contributed by atoms with Gasteiger partial charge in [-0.1, -0.05) is 18.2 Å². The number of carbonyl (C=O) groups excluding carboxylic acids is 1. The summed E-state index contributed by atoms with van der Waals surface area (Å²) in [6, 6.07) is 9.57. The zero-order valence-corrected chi connectivity index (χ0v) is 13.6. The molecule has 2 aliphatic rings. The maximum absolute atomic E-state index is 12.1. The Morgan fingerprint density at radius 2 is 1.67 bits per heavy atom. The fourth-order valence-electron chi connectivity index (χ4n) is 3.17. The highest BCUT2D eigenvalue weighted by atomic mass is 16.4. The smallest absolute Gasteiger partial charge is 0.238 e. The van der Waals surface area contributed by atoms with Crippen molar-refractivity contribution in [2.24, 2.45) is 0 Å². The van der Waals surface area contributed by atoms with Crippen LogP contribution in [0.3, 0.4) is 0 Å². The SMILES string of the molecule is O=C(CN1CCC(c2nnc(C3CC3)o2)CC1)Nc1ccccc1. The van der Waals surface area contributed by atoms with Crippen molar-refractivity contribution in [3.63, 3.8) is 0 Å². The number of anilines is 1. The number of nitrogens with zero attached hydrogens (tertiary/aromatic N) is 3. The van der Waals surface area contributed by atoms with Crippen LogP contribution in [-0.2, 0) is 4.79 Å². The molecule has 0 bridgehead atoms. The average Bonchev–Trinajstić information content (AvgIpc) is 3.34. The van der Waals surface area contributed by atoms with Crippen LogP contribution in [0.15, 0.2) is 34.7 Å². The van der Waals surface area contributed by atoms with Crippen LogP contribution in [0.1, 0.15) is 49.3 Å². The van der Waals surface area contributed by atoms with Gasteiger partial charge in [-0.15, -0.1) is 10.2 Å². The topological polar surface area (TPSA) is 71.3 Å². The molecule has 1 aromatic carbocycles. The molecular formula is C18H22N4O2. The number of likely N-dealkylation sites (tertiary alicyclic amines) is 1. The highest BCUT2D eigenvalue weighted by Gasteiger charge is 2.31. The van der Waals surface area contributed by atoms with Gasteiger partial charge in [-0.25, -0.2) is 0 Å². The summed E-state index contributed by atoms with van der Waals surface area (Å²) in [4.78, 5) is 14.3. The predicted molar refractivity (Wildman–Crippen MR) is 89.8 cm³/mol. The second kappa shape index (κ2) is 6.73. The van der Waals surface area contributed by atoms with Gasteiger partial charge in [0.2, 0.25) is 17.7 Å². The van der Waals surface area contributed by atoms with Crippen LogP contribution in [0, 0.1) is 0 Å². The van der Waals surface area contributed by atoms with Gasteiger partial charge in [0.05, 0.1) is 6.54 Å². The van der Waals surface area contributed by atoms with Gasteiger partial charge in [0.15, 0.2) is 0 Å². The molecule has 6 heteroatoms. The maximum Gasteiger partial charge on any atom is 0.238 e. The minimum Gasteiger partial charge on any atom is -0.425 e. The van der Waals surface area contributed by atoms with E-state index in [4.69, 9.17) is 4.42 Å². The second-order valence-corrected chi connectivity index (χ2v) is 6.72. The fraction of sp³-hybridized carbons (Fsp3) is 0.500. The average molecular weight is 326 g/mol. The molecular weight excluding hydrogens is 304 g/mol. The van der Waals surface area contributed by atoms with Crippen LogP contribution < -0.4 is 5.32 Å². The first kappa shape index (κ1) is 15.3. The quantitative estimate of drug-likeness (QED) is 0.915. The molecule has 0 spiro atoms. The fourth-order valence-corrected chi connectivity index (χ4v) is 3.17. The standard InChI is InChI=1S/C18H22N4O2/c23-16(19-15-4-2-1-3-5-15)12-22-10-8-14(9-11-22)18-21-20-17(24-18)13-6-7-13/h1-5,13-14H,6-12H2,(H,19,23). The summed E-state index contributed by atoms with van der Waals surface area (Å²) in [6.07, 6.45) is 4.28. The number of nitrogens with one attached hydrogen (secondary N) is 1. The molecule has 0 radical (unpaired) electrons. The Labute approximate surface area is 141 Å². The summed E-state index contributed by atoms with van der Waals surface area (Å²) < 4.78 is 5.82. The van der Waals surface area contributed by atoms with Crippen molar-refractivity contribution in [2.45, 2.75) is 37.5 Å². The van der Waals surface area contributed by atoms with Crippen molar-refractivity contribution in [2.75, 3.05) is 25.0 Å². The van der Waals surface area contributed by atoms with E-state index in [9.17, 15) is 4.79 Å². The lowest BCUT2D eigenvalue weighted by Gasteiger charge is -2.29. The van der Waals surface area contributed by atoms with Crippen molar-refractivity contribution in [3.05, 3.63) is 42.1 Å². The monoisotopic (exact) mass is 326 g/mol. The highest BCUT2D eigenvalue weighted by molar-refractivity contribution is 5.92. The number of benzene rings is 1. The lowest BCUT2D eigenvalue weighted by Crippen LogP contribution is -2.38. The number of hydrogen-bond acceptors (Lipinski definition) is 5. The number of piperidine rings is 1. The molecule has 1 saturated heterocycles. The van der Waals surface area contributed by atoms with Crippen molar-refractivity contribution >= 4 is 11.6 Å². The van der Waals surface area contributed by atoms with E-state index in [-0.39, 0.29) is 5.91 Å². The Hall–Kier alpha value is -2.21. The zero-order chi connectivity index (χ0) is 16.4. The van der Waals surface area contributed by atoms with Crippen molar-refractivity contribution in [3.8, 4) is 0 Å². The summed E-state index contributed by atoms with van der Waals surface area (Å²) in [5.41, 5.74) is 0.843. The largest absolute Gasteiger partial charge is 0.425 e. The van der Waals surface area contributed by atoms with Crippen LogP contribution in [-0.4, -0.2) is 40.6 Å². The molecule has 1 aliphatic carbocycles. The van der Waals surface area contributed by atoms with Crippen LogP contribution in [0.5, 0.6) is 0 Å². The second-order valence-electron chi connectivity index (χ2n) is 6.72. The van der Waals surface area contributed by atoms with E-state index in [1.807, 2.05) is 30.3 Å². The molecule has 126 valence electrons. The Morgan fingerprint density at radius 3 is 2.29 bits per heavy atom. The number of amides is 1. The van der Waals surface area contributed by atoms with Gasteiger partial charge in [0.1, 0.15) is 0 Å². The number of para-hydroxylation sites is 1.